The van der Waals surface area contributed by atoms with Crippen molar-refractivity contribution < 1.29 is 8.78 Å². The van der Waals surface area contributed by atoms with Gasteiger partial charge in [-0.15, -0.1) is 0 Å². The molecule has 0 fully saturated rings. The molecule has 2 aromatic heterocycles. The van der Waals surface area contributed by atoms with E-state index >= 15 is 0 Å². The van der Waals surface area contributed by atoms with Crippen molar-refractivity contribution in [1.29, 1.82) is 0 Å². The van der Waals surface area contributed by atoms with Gasteiger partial charge in [0.15, 0.2) is 5.82 Å². The minimum absolute atomic E-state index is 0.276. The third-order valence-electron chi connectivity index (χ3n) is 3.31. The first-order chi connectivity index (χ1) is 11.5. The summed E-state index contributed by atoms with van der Waals surface area (Å²) in [6.45, 7) is 1.75. The van der Waals surface area contributed by atoms with Crippen molar-refractivity contribution in [1.82, 2.24) is 19.7 Å². The summed E-state index contributed by atoms with van der Waals surface area (Å²) in [5.74, 6) is -0.534. The molecule has 0 radical (unpaired) electrons. The summed E-state index contributed by atoms with van der Waals surface area (Å²) in [6, 6.07) is 3.19. The first-order valence-corrected chi connectivity index (χ1v) is 7.06. The third kappa shape index (κ3) is 3.09. The standard InChI is InChI=1S/C15H15F2N7/c1-8-13(21-15-20-6-12(18)14(19-2)22-15)7-24(23-8)11-4-9(16)3-10(17)5-11/h3-7H,18H2,1-2H3,(H2,19,20,21,22). The topological polar surface area (TPSA) is 93.7 Å². The molecule has 0 bridgehead atoms. The van der Waals surface area contributed by atoms with Gasteiger partial charge < -0.3 is 16.4 Å². The Labute approximate surface area is 136 Å². The molecule has 2 heterocycles. The van der Waals surface area contributed by atoms with Crippen molar-refractivity contribution in [2.45, 2.75) is 6.92 Å². The van der Waals surface area contributed by atoms with Crippen LogP contribution in [0.4, 0.5) is 31.9 Å². The molecule has 0 spiro atoms. The minimum atomic E-state index is -0.673. The van der Waals surface area contributed by atoms with E-state index in [4.69, 9.17) is 5.73 Å². The van der Waals surface area contributed by atoms with Gasteiger partial charge in [-0.3, -0.25) is 0 Å². The fraction of sp³-hybridized carbons (Fsp3) is 0.133. The molecule has 24 heavy (non-hydrogen) atoms. The van der Waals surface area contributed by atoms with Crippen LogP contribution in [0.5, 0.6) is 0 Å². The Bertz CT molecular complexity index is 871. The highest BCUT2D eigenvalue weighted by Gasteiger charge is 2.11. The van der Waals surface area contributed by atoms with E-state index < -0.39 is 11.6 Å². The zero-order valence-electron chi connectivity index (χ0n) is 13.0. The van der Waals surface area contributed by atoms with Gasteiger partial charge in [0.25, 0.3) is 0 Å². The number of anilines is 4. The zero-order chi connectivity index (χ0) is 17.3. The van der Waals surface area contributed by atoms with Crippen molar-refractivity contribution in [3.63, 3.8) is 0 Å². The Morgan fingerprint density at radius 3 is 2.54 bits per heavy atom. The Morgan fingerprint density at radius 2 is 1.88 bits per heavy atom. The molecule has 0 aliphatic heterocycles. The van der Waals surface area contributed by atoms with Crippen LogP contribution in [0.15, 0.2) is 30.6 Å². The monoisotopic (exact) mass is 331 g/mol. The van der Waals surface area contributed by atoms with Crippen LogP contribution in [0.2, 0.25) is 0 Å². The van der Waals surface area contributed by atoms with Gasteiger partial charge in [-0.1, -0.05) is 0 Å². The SMILES string of the molecule is CNc1nc(Nc2cn(-c3cc(F)cc(F)c3)nc2C)ncc1N. The number of nitrogens with zero attached hydrogens (tertiary/aromatic N) is 4. The second-order valence-corrected chi connectivity index (χ2v) is 5.07. The molecule has 0 amide bonds. The molecule has 0 atom stereocenters. The summed E-state index contributed by atoms with van der Waals surface area (Å²) in [5.41, 5.74) is 7.65. The van der Waals surface area contributed by atoms with E-state index in [0.717, 1.165) is 6.07 Å². The van der Waals surface area contributed by atoms with Crippen molar-refractivity contribution in [3.8, 4) is 5.69 Å². The molecule has 9 heteroatoms. The highest BCUT2D eigenvalue weighted by Crippen LogP contribution is 2.22. The zero-order valence-corrected chi connectivity index (χ0v) is 13.0. The molecule has 7 nitrogen and oxygen atoms in total. The first kappa shape index (κ1) is 15.7. The van der Waals surface area contributed by atoms with Gasteiger partial charge >= 0.3 is 0 Å². The fourth-order valence-corrected chi connectivity index (χ4v) is 2.16. The number of aryl methyl sites for hydroxylation is 1. The van der Waals surface area contributed by atoms with E-state index in [-0.39, 0.29) is 5.69 Å². The van der Waals surface area contributed by atoms with Crippen LogP contribution in [0.3, 0.4) is 0 Å². The molecular weight excluding hydrogens is 316 g/mol. The third-order valence-corrected chi connectivity index (χ3v) is 3.31. The predicted octanol–water partition coefficient (Wildman–Crippen LogP) is 2.62. The van der Waals surface area contributed by atoms with Crippen LogP contribution in [0, 0.1) is 18.6 Å². The van der Waals surface area contributed by atoms with Gasteiger partial charge in [-0.05, 0) is 19.1 Å². The maximum absolute atomic E-state index is 13.4. The highest BCUT2D eigenvalue weighted by molar-refractivity contribution is 5.64. The number of nitrogens with two attached hydrogens (primary N) is 1. The number of benzene rings is 1. The smallest absolute Gasteiger partial charge is 0.229 e. The average molecular weight is 331 g/mol. The number of hydrogen-bond acceptors (Lipinski definition) is 6. The first-order valence-electron chi connectivity index (χ1n) is 7.06. The average Bonchev–Trinajstić information content (AvgIpc) is 2.89. The van der Waals surface area contributed by atoms with Gasteiger partial charge in [0.1, 0.15) is 11.6 Å². The molecule has 124 valence electrons. The Kier molecular flexibility index (Phi) is 3.98. The van der Waals surface area contributed by atoms with Gasteiger partial charge in [0.2, 0.25) is 5.95 Å². The lowest BCUT2D eigenvalue weighted by molar-refractivity contribution is 0.580. The second-order valence-electron chi connectivity index (χ2n) is 5.07. The van der Waals surface area contributed by atoms with Crippen molar-refractivity contribution >= 4 is 23.1 Å². The van der Waals surface area contributed by atoms with Crippen LogP contribution >= 0.6 is 0 Å². The van der Waals surface area contributed by atoms with Crippen LogP contribution in [-0.2, 0) is 0 Å². The molecule has 0 aliphatic carbocycles. The molecule has 0 saturated heterocycles. The highest BCUT2D eigenvalue weighted by atomic mass is 19.1. The minimum Gasteiger partial charge on any atom is -0.394 e. The number of halogens is 2. The van der Waals surface area contributed by atoms with Crippen LogP contribution in [0.1, 0.15) is 5.69 Å². The lowest BCUT2D eigenvalue weighted by atomic mass is 10.3. The summed E-state index contributed by atoms with van der Waals surface area (Å²) in [6.07, 6.45) is 3.07. The maximum Gasteiger partial charge on any atom is 0.229 e. The van der Waals surface area contributed by atoms with E-state index in [9.17, 15) is 8.78 Å². The summed E-state index contributed by atoms with van der Waals surface area (Å²) < 4.78 is 28.1. The molecule has 4 N–H and O–H groups in total. The van der Waals surface area contributed by atoms with Gasteiger partial charge in [0.05, 0.1) is 35.1 Å². The number of hydrogen-bond donors (Lipinski definition) is 3. The number of nitrogen functional groups attached to an aromatic ring is 1. The van der Waals surface area contributed by atoms with Crippen LogP contribution in [0.25, 0.3) is 5.69 Å². The van der Waals surface area contributed by atoms with E-state index in [1.165, 1.54) is 23.0 Å². The predicted molar refractivity (Wildman–Crippen MR) is 87.5 cm³/mol. The second kappa shape index (κ2) is 6.11. The largest absolute Gasteiger partial charge is 0.394 e. The summed E-state index contributed by atoms with van der Waals surface area (Å²) in [7, 11) is 1.70. The van der Waals surface area contributed by atoms with Crippen molar-refractivity contribution in [2.75, 3.05) is 23.4 Å². The number of aromatic nitrogens is 4. The van der Waals surface area contributed by atoms with E-state index in [2.05, 4.69) is 25.7 Å². The summed E-state index contributed by atoms with van der Waals surface area (Å²) >= 11 is 0. The molecule has 1 aromatic carbocycles. The summed E-state index contributed by atoms with van der Waals surface area (Å²) in [5, 5.41) is 10.1. The molecular formula is C15H15F2N7. The molecule has 0 saturated carbocycles. The summed E-state index contributed by atoms with van der Waals surface area (Å²) in [4.78, 5) is 8.31. The molecule has 3 aromatic rings. The number of nitrogens with one attached hydrogen (secondary N) is 2. The van der Waals surface area contributed by atoms with E-state index in [0.29, 0.717) is 28.8 Å². The Hall–Kier alpha value is -3.23. The van der Waals surface area contributed by atoms with Crippen LogP contribution < -0.4 is 16.4 Å². The molecule has 0 aliphatic rings. The number of rotatable bonds is 4. The lowest BCUT2D eigenvalue weighted by Crippen LogP contribution is -2.04. The van der Waals surface area contributed by atoms with Crippen molar-refractivity contribution in [3.05, 3.63) is 47.9 Å². The Morgan fingerprint density at radius 1 is 1.17 bits per heavy atom. The van der Waals surface area contributed by atoms with Crippen LogP contribution in [-0.4, -0.2) is 26.8 Å². The van der Waals surface area contributed by atoms with E-state index in [1.54, 1.807) is 20.2 Å². The Balaban J connectivity index is 1.92. The van der Waals surface area contributed by atoms with Gasteiger partial charge in [-0.2, -0.15) is 10.1 Å². The maximum atomic E-state index is 13.4. The fourth-order valence-electron chi connectivity index (χ4n) is 2.16. The van der Waals surface area contributed by atoms with Gasteiger partial charge in [0, 0.05) is 13.1 Å². The lowest BCUT2D eigenvalue weighted by Gasteiger charge is -2.07. The molecule has 0 unspecified atom stereocenters. The van der Waals surface area contributed by atoms with Crippen molar-refractivity contribution in [2.24, 2.45) is 0 Å². The normalized spacial score (nSPS) is 10.7. The quantitative estimate of drug-likeness (QED) is 0.680. The van der Waals surface area contributed by atoms with Gasteiger partial charge in [-0.25, -0.2) is 18.4 Å². The van der Waals surface area contributed by atoms with E-state index in [1.807, 2.05) is 0 Å². The molecule has 3 rings (SSSR count).